The van der Waals surface area contributed by atoms with Crippen LogP contribution < -0.4 is 0 Å². The SMILES string of the molecule is O=C(c1nc2ccccc2[nH]1)N1C[C@H]2C[C@@H](N3CCOCC3)[C@H](O)C[C@H]2C1. The quantitative estimate of drug-likeness (QED) is 0.828. The van der Waals surface area contributed by atoms with Crippen LogP contribution in [-0.2, 0) is 4.74 Å². The Labute approximate surface area is 158 Å². The van der Waals surface area contributed by atoms with Crippen LogP contribution in [0.4, 0.5) is 0 Å². The van der Waals surface area contributed by atoms with Crippen molar-refractivity contribution in [1.29, 1.82) is 0 Å². The molecule has 4 atom stereocenters. The van der Waals surface area contributed by atoms with Crippen LogP contribution in [-0.4, -0.2) is 82.3 Å². The number of aliphatic hydroxyl groups excluding tert-OH is 1. The van der Waals surface area contributed by atoms with Gasteiger partial charge in [0, 0.05) is 32.2 Å². The lowest BCUT2D eigenvalue weighted by molar-refractivity contribution is -0.0520. The number of likely N-dealkylation sites (tertiary alicyclic amines) is 1. The second-order valence-electron chi connectivity index (χ2n) is 8.09. The molecule has 7 heteroatoms. The summed E-state index contributed by atoms with van der Waals surface area (Å²) in [5.41, 5.74) is 1.71. The summed E-state index contributed by atoms with van der Waals surface area (Å²) in [6, 6.07) is 7.90. The van der Waals surface area contributed by atoms with Crippen LogP contribution in [0.25, 0.3) is 11.0 Å². The first-order chi connectivity index (χ1) is 13.2. The normalized spacial score (nSPS) is 32.0. The predicted octanol–water partition coefficient (Wildman–Crippen LogP) is 1.11. The van der Waals surface area contributed by atoms with Gasteiger partial charge in [-0.2, -0.15) is 0 Å². The third-order valence-electron chi connectivity index (χ3n) is 6.50. The molecule has 1 aliphatic carbocycles. The summed E-state index contributed by atoms with van der Waals surface area (Å²) in [4.78, 5) is 24.9. The van der Waals surface area contributed by atoms with Gasteiger partial charge >= 0.3 is 0 Å². The summed E-state index contributed by atoms with van der Waals surface area (Å²) in [5.74, 6) is 1.22. The first-order valence-corrected chi connectivity index (χ1v) is 9.93. The Morgan fingerprint density at radius 1 is 1.15 bits per heavy atom. The van der Waals surface area contributed by atoms with E-state index in [1.165, 1.54) is 0 Å². The van der Waals surface area contributed by atoms with Crippen LogP contribution in [0.2, 0.25) is 0 Å². The van der Waals surface area contributed by atoms with E-state index < -0.39 is 0 Å². The second-order valence-corrected chi connectivity index (χ2v) is 8.09. The van der Waals surface area contributed by atoms with Crippen molar-refractivity contribution in [3.63, 3.8) is 0 Å². The van der Waals surface area contributed by atoms with Crippen molar-refractivity contribution in [2.45, 2.75) is 25.0 Å². The van der Waals surface area contributed by atoms with Crippen molar-refractivity contribution < 1.29 is 14.6 Å². The molecule has 1 aromatic carbocycles. The number of nitrogens with zero attached hydrogens (tertiary/aromatic N) is 3. The van der Waals surface area contributed by atoms with Gasteiger partial charge in [-0.1, -0.05) is 12.1 Å². The van der Waals surface area contributed by atoms with Gasteiger partial charge in [0.15, 0.2) is 5.82 Å². The van der Waals surface area contributed by atoms with Gasteiger partial charge in [-0.3, -0.25) is 9.69 Å². The van der Waals surface area contributed by atoms with Crippen molar-refractivity contribution in [2.75, 3.05) is 39.4 Å². The van der Waals surface area contributed by atoms with E-state index in [2.05, 4.69) is 14.9 Å². The topological polar surface area (TPSA) is 81.7 Å². The number of amides is 1. The van der Waals surface area contributed by atoms with E-state index in [0.29, 0.717) is 24.2 Å². The predicted molar refractivity (Wildman–Crippen MR) is 100 cm³/mol. The molecule has 2 saturated heterocycles. The smallest absolute Gasteiger partial charge is 0.289 e. The van der Waals surface area contributed by atoms with Gasteiger partial charge in [0.2, 0.25) is 0 Å². The first kappa shape index (κ1) is 17.2. The van der Waals surface area contributed by atoms with Gasteiger partial charge in [0.1, 0.15) is 0 Å². The highest BCUT2D eigenvalue weighted by Crippen LogP contribution is 2.38. The zero-order chi connectivity index (χ0) is 18.4. The molecular weight excluding hydrogens is 344 g/mol. The first-order valence-electron chi connectivity index (χ1n) is 9.93. The molecule has 0 bridgehead atoms. The van der Waals surface area contributed by atoms with E-state index in [4.69, 9.17) is 4.74 Å². The van der Waals surface area contributed by atoms with Gasteiger partial charge in [-0.25, -0.2) is 4.98 Å². The highest BCUT2D eigenvalue weighted by Gasteiger charge is 2.45. The summed E-state index contributed by atoms with van der Waals surface area (Å²) in [6.45, 7) is 4.74. The molecule has 2 N–H and O–H groups in total. The number of fused-ring (bicyclic) bond motifs is 2. The van der Waals surface area contributed by atoms with Crippen LogP contribution in [0.1, 0.15) is 23.5 Å². The fourth-order valence-corrected chi connectivity index (χ4v) is 5.08. The van der Waals surface area contributed by atoms with E-state index in [1.54, 1.807) is 0 Å². The Balaban J connectivity index is 1.29. The average molecular weight is 370 g/mol. The number of imidazole rings is 1. The van der Waals surface area contributed by atoms with Crippen molar-refractivity contribution >= 4 is 16.9 Å². The van der Waals surface area contributed by atoms with Crippen molar-refractivity contribution in [1.82, 2.24) is 19.8 Å². The maximum atomic E-state index is 13.0. The number of nitrogens with one attached hydrogen (secondary N) is 1. The number of carbonyl (C=O) groups is 1. The summed E-state index contributed by atoms with van der Waals surface area (Å²) in [7, 11) is 0. The lowest BCUT2D eigenvalue weighted by Crippen LogP contribution is -2.53. The van der Waals surface area contributed by atoms with Gasteiger partial charge in [0.25, 0.3) is 5.91 Å². The Morgan fingerprint density at radius 2 is 1.89 bits per heavy atom. The number of aliphatic hydroxyl groups is 1. The van der Waals surface area contributed by atoms with Crippen molar-refractivity contribution in [3.8, 4) is 0 Å². The van der Waals surface area contributed by atoms with Gasteiger partial charge in [-0.05, 0) is 36.8 Å². The molecule has 1 amide bonds. The summed E-state index contributed by atoms with van der Waals surface area (Å²) >= 11 is 0. The van der Waals surface area contributed by atoms with Crippen LogP contribution in [0, 0.1) is 11.8 Å². The molecule has 144 valence electrons. The summed E-state index contributed by atoms with van der Waals surface area (Å²) < 4.78 is 5.45. The monoisotopic (exact) mass is 370 g/mol. The summed E-state index contributed by atoms with van der Waals surface area (Å²) in [5, 5.41) is 10.7. The van der Waals surface area contributed by atoms with Crippen molar-refractivity contribution in [3.05, 3.63) is 30.1 Å². The van der Waals surface area contributed by atoms with E-state index >= 15 is 0 Å². The van der Waals surface area contributed by atoms with Crippen molar-refractivity contribution in [2.24, 2.45) is 11.8 Å². The van der Waals surface area contributed by atoms with E-state index in [9.17, 15) is 9.90 Å². The lowest BCUT2D eigenvalue weighted by atomic mass is 9.77. The number of H-pyrrole nitrogens is 1. The van der Waals surface area contributed by atoms with E-state index in [-0.39, 0.29) is 18.1 Å². The highest BCUT2D eigenvalue weighted by molar-refractivity contribution is 5.94. The Kier molecular flexibility index (Phi) is 4.38. The van der Waals surface area contributed by atoms with Gasteiger partial charge in [0.05, 0.1) is 30.4 Å². The maximum absolute atomic E-state index is 13.0. The molecule has 27 heavy (non-hydrogen) atoms. The van der Waals surface area contributed by atoms with Gasteiger partial charge < -0.3 is 19.7 Å². The molecule has 0 radical (unpaired) electrons. The molecule has 0 spiro atoms. The number of carbonyl (C=O) groups excluding carboxylic acids is 1. The molecule has 0 unspecified atom stereocenters. The number of rotatable bonds is 2. The summed E-state index contributed by atoms with van der Waals surface area (Å²) in [6.07, 6.45) is 1.41. The zero-order valence-electron chi connectivity index (χ0n) is 15.4. The van der Waals surface area contributed by atoms with E-state index in [0.717, 1.165) is 56.7 Å². The number of aromatic nitrogens is 2. The Bertz CT molecular complexity index is 798. The average Bonchev–Trinajstić information content (AvgIpc) is 3.31. The number of hydrogen-bond acceptors (Lipinski definition) is 5. The Hall–Kier alpha value is -1.96. The molecule has 1 saturated carbocycles. The fourth-order valence-electron chi connectivity index (χ4n) is 5.08. The standard InChI is InChI=1S/C20H26N4O3/c25-18-10-14-12-24(11-13(14)9-17(18)23-5-7-27-8-6-23)20(26)19-21-15-3-1-2-4-16(15)22-19/h1-4,13-14,17-18,25H,5-12H2,(H,21,22)/t13-,14+,17-,18-/m1/s1. The van der Waals surface area contributed by atoms with Gasteiger partial charge in [-0.15, -0.1) is 0 Å². The fraction of sp³-hybridized carbons (Fsp3) is 0.600. The van der Waals surface area contributed by atoms with Crippen LogP contribution in [0.15, 0.2) is 24.3 Å². The minimum absolute atomic E-state index is 0.0296. The number of ether oxygens (including phenoxy) is 1. The van der Waals surface area contributed by atoms with Crippen LogP contribution in [0.5, 0.6) is 0 Å². The third-order valence-corrected chi connectivity index (χ3v) is 6.50. The second kappa shape index (κ2) is 6.89. The molecule has 3 heterocycles. The third kappa shape index (κ3) is 3.13. The number of aromatic amines is 1. The number of hydrogen-bond donors (Lipinski definition) is 2. The number of para-hydroxylation sites is 2. The molecule has 1 aromatic heterocycles. The molecular formula is C20H26N4O3. The molecule has 7 nitrogen and oxygen atoms in total. The number of benzene rings is 1. The maximum Gasteiger partial charge on any atom is 0.289 e. The highest BCUT2D eigenvalue weighted by atomic mass is 16.5. The lowest BCUT2D eigenvalue weighted by Gasteiger charge is -2.43. The minimum Gasteiger partial charge on any atom is -0.391 e. The Morgan fingerprint density at radius 3 is 2.67 bits per heavy atom. The van der Waals surface area contributed by atoms with Crippen LogP contribution >= 0.6 is 0 Å². The molecule has 2 aromatic rings. The van der Waals surface area contributed by atoms with E-state index in [1.807, 2.05) is 29.2 Å². The molecule has 5 rings (SSSR count). The minimum atomic E-state index is -0.314. The van der Waals surface area contributed by atoms with Crippen LogP contribution in [0.3, 0.4) is 0 Å². The number of morpholine rings is 1. The zero-order valence-corrected chi connectivity index (χ0v) is 15.4. The molecule has 3 fully saturated rings. The molecule has 3 aliphatic rings. The molecule has 2 aliphatic heterocycles. The largest absolute Gasteiger partial charge is 0.391 e.